The Morgan fingerprint density at radius 3 is 2.43 bits per heavy atom. The average molecular weight is 330 g/mol. The Labute approximate surface area is 140 Å². The van der Waals surface area contributed by atoms with E-state index in [-0.39, 0.29) is 5.69 Å². The van der Waals surface area contributed by atoms with E-state index in [9.17, 15) is 10.1 Å². The van der Waals surface area contributed by atoms with Crippen LogP contribution in [0, 0.1) is 10.1 Å². The number of hydrogen-bond acceptors (Lipinski definition) is 4. The molecular formula is C16H18N4O2S. The third-order valence-electron chi connectivity index (χ3n) is 3.21. The SMILES string of the molecule is CC(C)c1ccc(NC(=S)NNc2cccc([N+](=O)[O-])c2)cc1. The highest BCUT2D eigenvalue weighted by Crippen LogP contribution is 2.18. The van der Waals surface area contributed by atoms with Crippen LogP contribution in [0.15, 0.2) is 48.5 Å². The van der Waals surface area contributed by atoms with Crippen molar-refractivity contribution >= 4 is 34.4 Å². The molecule has 0 fully saturated rings. The van der Waals surface area contributed by atoms with Crippen molar-refractivity contribution in [3.63, 3.8) is 0 Å². The van der Waals surface area contributed by atoms with Crippen LogP contribution in [0.25, 0.3) is 0 Å². The van der Waals surface area contributed by atoms with Crippen LogP contribution in [0.1, 0.15) is 25.3 Å². The van der Waals surface area contributed by atoms with Gasteiger partial charge < -0.3 is 5.32 Å². The lowest BCUT2D eigenvalue weighted by atomic mass is 10.0. The van der Waals surface area contributed by atoms with Gasteiger partial charge in [-0.15, -0.1) is 0 Å². The van der Waals surface area contributed by atoms with Gasteiger partial charge in [-0.1, -0.05) is 32.0 Å². The average Bonchev–Trinajstić information content (AvgIpc) is 2.53. The van der Waals surface area contributed by atoms with E-state index in [1.807, 2.05) is 24.3 Å². The molecule has 0 heterocycles. The fourth-order valence-corrected chi connectivity index (χ4v) is 2.11. The van der Waals surface area contributed by atoms with Gasteiger partial charge in [-0.05, 0) is 41.9 Å². The molecule has 0 aliphatic heterocycles. The minimum absolute atomic E-state index is 0.0138. The van der Waals surface area contributed by atoms with Crippen molar-refractivity contribution in [3.8, 4) is 0 Å². The largest absolute Gasteiger partial charge is 0.331 e. The molecule has 0 amide bonds. The third-order valence-corrected chi connectivity index (χ3v) is 3.42. The van der Waals surface area contributed by atoms with Crippen molar-refractivity contribution in [1.82, 2.24) is 5.43 Å². The minimum atomic E-state index is -0.446. The van der Waals surface area contributed by atoms with E-state index in [0.29, 0.717) is 16.7 Å². The Morgan fingerprint density at radius 2 is 1.83 bits per heavy atom. The van der Waals surface area contributed by atoms with Gasteiger partial charge in [0.1, 0.15) is 0 Å². The maximum atomic E-state index is 10.7. The van der Waals surface area contributed by atoms with Crippen LogP contribution < -0.4 is 16.2 Å². The second kappa shape index (κ2) is 7.55. The molecule has 0 radical (unpaired) electrons. The zero-order valence-corrected chi connectivity index (χ0v) is 13.7. The Hall–Kier alpha value is -2.67. The second-order valence-corrected chi connectivity index (χ2v) is 5.70. The number of benzene rings is 2. The lowest BCUT2D eigenvalue weighted by molar-refractivity contribution is -0.384. The number of thiocarbonyl (C=S) groups is 1. The molecule has 0 spiro atoms. The van der Waals surface area contributed by atoms with Gasteiger partial charge in [-0.2, -0.15) is 0 Å². The molecule has 0 unspecified atom stereocenters. The molecule has 6 nitrogen and oxygen atoms in total. The smallest absolute Gasteiger partial charge is 0.271 e. The Kier molecular flexibility index (Phi) is 5.48. The Morgan fingerprint density at radius 1 is 1.13 bits per heavy atom. The summed E-state index contributed by atoms with van der Waals surface area (Å²) in [7, 11) is 0. The van der Waals surface area contributed by atoms with E-state index in [2.05, 4.69) is 30.0 Å². The Bertz CT molecular complexity index is 701. The number of hydrogen-bond donors (Lipinski definition) is 3. The number of non-ortho nitro benzene ring substituents is 1. The normalized spacial score (nSPS) is 10.2. The topological polar surface area (TPSA) is 79.2 Å². The number of anilines is 2. The summed E-state index contributed by atoms with van der Waals surface area (Å²) in [6.45, 7) is 4.27. The molecule has 7 heteroatoms. The zero-order chi connectivity index (χ0) is 16.8. The summed E-state index contributed by atoms with van der Waals surface area (Å²) in [5.74, 6) is 0.477. The molecule has 0 aromatic heterocycles. The molecular weight excluding hydrogens is 312 g/mol. The van der Waals surface area contributed by atoms with Crippen molar-refractivity contribution < 1.29 is 4.92 Å². The van der Waals surface area contributed by atoms with Gasteiger partial charge in [-0.3, -0.25) is 21.0 Å². The van der Waals surface area contributed by atoms with Gasteiger partial charge in [0.2, 0.25) is 0 Å². The van der Waals surface area contributed by atoms with Gasteiger partial charge in [0.15, 0.2) is 5.11 Å². The molecule has 0 saturated carbocycles. The monoisotopic (exact) mass is 330 g/mol. The molecule has 2 aromatic rings. The van der Waals surface area contributed by atoms with Crippen molar-refractivity contribution in [2.75, 3.05) is 10.7 Å². The number of nitrogens with one attached hydrogen (secondary N) is 3. The maximum absolute atomic E-state index is 10.7. The summed E-state index contributed by atoms with van der Waals surface area (Å²) in [6, 6.07) is 14.2. The van der Waals surface area contributed by atoms with Crippen LogP contribution >= 0.6 is 12.2 Å². The highest BCUT2D eigenvalue weighted by Gasteiger charge is 2.05. The van der Waals surface area contributed by atoms with E-state index in [0.717, 1.165) is 5.69 Å². The molecule has 2 aromatic carbocycles. The maximum Gasteiger partial charge on any atom is 0.271 e. The minimum Gasteiger partial charge on any atom is -0.331 e. The van der Waals surface area contributed by atoms with E-state index in [1.165, 1.54) is 17.7 Å². The summed E-state index contributed by atoms with van der Waals surface area (Å²) in [4.78, 5) is 10.3. The predicted molar refractivity (Wildman–Crippen MR) is 96.6 cm³/mol. The number of nitrogens with zero attached hydrogens (tertiary/aromatic N) is 1. The van der Waals surface area contributed by atoms with Crippen LogP contribution in [-0.2, 0) is 0 Å². The first-order chi connectivity index (χ1) is 11.0. The van der Waals surface area contributed by atoms with Crippen molar-refractivity contribution in [2.24, 2.45) is 0 Å². The van der Waals surface area contributed by atoms with Gasteiger partial charge in [0.25, 0.3) is 5.69 Å². The molecule has 2 rings (SSSR count). The molecule has 0 aliphatic rings. The molecule has 23 heavy (non-hydrogen) atoms. The third kappa shape index (κ3) is 4.93. The second-order valence-electron chi connectivity index (χ2n) is 5.29. The van der Waals surface area contributed by atoms with E-state index < -0.39 is 4.92 Å². The fourth-order valence-electron chi connectivity index (χ4n) is 1.94. The highest BCUT2D eigenvalue weighted by molar-refractivity contribution is 7.80. The molecule has 3 N–H and O–H groups in total. The summed E-state index contributed by atoms with van der Waals surface area (Å²) >= 11 is 5.19. The number of nitro groups is 1. The van der Waals surface area contributed by atoms with Crippen molar-refractivity contribution in [1.29, 1.82) is 0 Å². The van der Waals surface area contributed by atoms with E-state index in [1.54, 1.807) is 12.1 Å². The Balaban J connectivity index is 1.90. The summed E-state index contributed by atoms with van der Waals surface area (Å²) in [5, 5.41) is 14.1. The number of hydrazine groups is 1. The number of rotatable bonds is 5. The predicted octanol–water partition coefficient (Wildman–Crippen LogP) is 4.03. The first kappa shape index (κ1) is 16.7. The molecule has 0 bridgehead atoms. The van der Waals surface area contributed by atoms with Crippen LogP contribution in [0.4, 0.5) is 17.1 Å². The van der Waals surface area contributed by atoms with Crippen LogP contribution in [-0.4, -0.2) is 10.0 Å². The van der Waals surface area contributed by atoms with Crippen LogP contribution in [0.3, 0.4) is 0 Å². The van der Waals surface area contributed by atoms with Gasteiger partial charge in [0, 0.05) is 17.8 Å². The highest BCUT2D eigenvalue weighted by atomic mass is 32.1. The molecule has 0 atom stereocenters. The van der Waals surface area contributed by atoms with Crippen molar-refractivity contribution in [3.05, 3.63) is 64.2 Å². The lowest BCUT2D eigenvalue weighted by Gasteiger charge is -2.13. The fraction of sp³-hybridized carbons (Fsp3) is 0.188. The molecule has 0 saturated heterocycles. The van der Waals surface area contributed by atoms with Gasteiger partial charge in [0.05, 0.1) is 10.6 Å². The number of nitro benzene ring substituents is 1. The quantitative estimate of drug-likeness (QED) is 0.436. The summed E-state index contributed by atoms with van der Waals surface area (Å²) < 4.78 is 0. The molecule has 0 aliphatic carbocycles. The first-order valence-corrected chi connectivity index (χ1v) is 7.54. The van der Waals surface area contributed by atoms with Crippen LogP contribution in [0.2, 0.25) is 0 Å². The molecule has 120 valence electrons. The first-order valence-electron chi connectivity index (χ1n) is 7.13. The standard InChI is InChI=1S/C16H18N4O2S/c1-11(2)12-6-8-13(9-7-12)17-16(23)19-18-14-4-3-5-15(10-14)20(21)22/h3-11,18H,1-2H3,(H2,17,19,23). The van der Waals surface area contributed by atoms with Gasteiger partial charge >= 0.3 is 0 Å². The zero-order valence-electron chi connectivity index (χ0n) is 12.9. The lowest BCUT2D eigenvalue weighted by Crippen LogP contribution is -2.33. The van der Waals surface area contributed by atoms with E-state index in [4.69, 9.17) is 12.2 Å². The summed E-state index contributed by atoms with van der Waals surface area (Å²) in [5.41, 5.74) is 8.32. The van der Waals surface area contributed by atoms with Crippen LogP contribution in [0.5, 0.6) is 0 Å². The van der Waals surface area contributed by atoms with Gasteiger partial charge in [-0.25, -0.2) is 0 Å². The summed E-state index contributed by atoms with van der Waals surface area (Å²) in [6.07, 6.45) is 0. The van der Waals surface area contributed by atoms with E-state index >= 15 is 0 Å². The van der Waals surface area contributed by atoms with Crippen molar-refractivity contribution in [2.45, 2.75) is 19.8 Å².